The van der Waals surface area contributed by atoms with Gasteiger partial charge in [-0.1, -0.05) is 42.5 Å². The monoisotopic (exact) mass is 416 g/mol. The van der Waals surface area contributed by atoms with Crippen LogP contribution in [0.1, 0.15) is 11.3 Å². The molecule has 0 atom stereocenters. The summed E-state index contributed by atoms with van der Waals surface area (Å²) in [6, 6.07) is 15.2. The molecule has 9 heteroatoms. The van der Waals surface area contributed by atoms with Gasteiger partial charge in [-0.2, -0.15) is 4.98 Å². The highest BCUT2D eigenvalue weighted by Gasteiger charge is 2.14. The molecule has 0 radical (unpaired) electrons. The Balaban J connectivity index is 1.44. The second kappa shape index (κ2) is 7.78. The standard InChI is InChI=1S/C19H17FN4O2S2/c20-16-8-4-7-15(11-16)18-22-19-24(23-18)17(12-27-19)9-10-21-28(25,26)13-14-5-2-1-3-6-14/h1-8,11-12,21H,9-10,13H2. The van der Waals surface area contributed by atoms with Gasteiger partial charge in [-0.05, 0) is 17.7 Å². The molecule has 1 N–H and O–H groups in total. The molecule has 0 spiro atoms. The highest BCUT2D eigenvalue weighted by atomic mass is 32.2. The van der Waals surface area contributed by atoms with Crippen LogP contribution in [0, 0.1) is 5.82 Å². The third-order valence-electron chi connectivity index (χ3n) is 4.14. The van der Waals surface area contributed by atoms with Crippen LogP contribution in [0.15, 0.2) is 60.0 Å². The number of hydrogen-bond acceptors (Lipinski definition) is 5. The van der Waals surface area contributed by atoms with E-state index in [2.05, 4.69) is 14.8 Å². The number of nitrogens with zero attached hydrogens (tertiary/aromatic N) is 3. The van der Waals surface area contributed by atoms with Crippen molar-refractivity contribution < 1.29 is 12.8 Å². The Morgan fingerprint density at radius 3 is 2.71 bits per heavy atom. The molecule has 6 nitrogen and oxygen atoms in total. The van der Waals surface area contributed by atoms with Gasteiger partial charge in [-0.25, -0.2) is 22.0 Å². The first kappa shape index (κ1) is 18.7. The Morgan fingerprint density at radius 1 is 1.11 bits per heavy atom. The van der Waals surface area contributed by atoms with Crippen molar-refractivity contribution in [3.05, 3.63) is 77.1 Å². The van der Waals surface area contributed by atoms with Crippen LogP contribution < -0.4 is 4.72 Å². The van der Waals surface area contributed by atoms with Crippen LogP contribution in [-0.4, -0.2) is 29.6 Å². The highest BCUT2D eigenvalue weighted by molar-refractivity contribution is 7.88. The number of halogens is 1. The first-order valence-electron chi connectivity index (χ1n) is 8.60. The van der Waals surface area contributed by atoms with E-state index in [0.29, 0.717) is 22.8 Å². The molecule has 28 heavy (non-hydrogen) atoms. The van der Waals surface area contributed by atoms with Gasteiger partial charge >= 0.3 is 0 Å². The Labute approximate surface area is 165 Å². The number of thiazole rings is 1. The maximum absolute atomic E-state index is 13.4. The molecule has 0 aliphatic carbocycles. The Morgan fingerprint density at radius 2 is 1.93 bits per heavy atom. The Hall–Kier alpha value is -2.62. The van der Waals surface area contributed by atoms with Gasteiger partial charge in [0.15, 0.2) is 5.82 Å². The molecule has 0 saturated carbocycles. The van der Waals surface area contributed by atoms with E-state index in [-0.39, 0.29) is 18.1 Å². The summed E-state index contributed by atoms with van der Waals surface area (Å²) in [7, 11) is -3.42. The van der Waals surface area contributed by atoms with Crippen LogP contribution in [0.5, 0.6) is 0 Å². The molecule has 0 aliphatic heterocycles. The molecule has 0 fully saturated rings. The molecule has 2 aromatic carbocycles. The molecular weight excluding hydrogens is 399 g/mol. The molecular formula is C19H17FN4O2S2. The van der Waals surface area contributed by atoms with Gasteiger partial charge in [0.2, 0.25) is 15.0 Å². The summed E-state index contributed by atoms with van der Waals surface area (Å²) in [6.45, 7) is 0.260. The third-order valence-corrected chi connectivity index (χ3v) is 6.36. The predicted molar refractivity (Wildman–Crippen MR) is 107 cm³/mol. The van der Waals surface area contributed by atoms with Crippen LogP contribution in [0.3, 0.4) is 0 Å². The summed E-state index contributed by atoms with van der Waals surface area (Å²) >= 11 is 1.41. The van der Waals surface area contributed by atoms with E-state index in [1.54, 1.807) is 28.8 Å². The second-order valence-electron chi connectivity index (χ2n) is 6.26. The van der Waals surface area contributed by atoms with Crippen molar-refractivity contribution in [3.63, 3.8) is 0 Å². The fraction of sp³-hybridized carbons (Fsp3) is 0.158. The van der Waals surface area contributed by atoms with E-state index in [1.165, 1.54) is 23.5 Å². The van der Waals surface area contributed by atoms with E-state index < -0.39 is 10.0 Å². The minimum Gasteiger partial charge on any atom is -0.215 e. The number of rotatable bonds is 7. The molecule has 144 valence electrons. The number of fused-ring (bicyclic) bond motifs is 1. The average Bonchev–Trinajstić information content (AvgIpc) is 3.24. The van der Waals surface area contributed by atoms with Crippen LogP contribution in [-0.2, 0) is 22.2 Å². The van der Waals surface area contributed by atoms with E-state index in [9.17, 15) is 12.8 Å². The van der Waals surface area contributed by atoms with Gasteiger partial charge in [-0.3, -0.25) is 0 Å². The first-order chi connectivity index (χ1) is 13.5. The molecule has 2 heterocycles. The van der Waals surface area contributed by atoms with Crippen LogP contribution in [0.25, 0.3) is 16.3 Å². The first-order valence-corrected chi connectivity index (χ1v) is 11.1. The van der Waals surface area contributed by atoms with Gasteiger partial charge < -0.3 is 0 Å². The minimum absolute atomic E-state index is 0.0556. The minimum atomic E-state index is -3.42. The summed E-state index contributed by atoms with van der Waals surface area (Å²) in [5.41, 5.74) is 2.19. The van der Waals surface area contributed by atoms with Crippen molar-refractivity contribution in [2.45, 2.75) is 12.2 Å². The molecule has 4 rings (SSSR count). The second-order valence-corrected chi connectivity index (χ2v) is 8.90. The zero-order valence-corrected chi connectivity index (χ0v) is 16.4. The van der Waals surface area contributed by atoms with Gasteiger partial charge in [0.05, 0.1) is 11.4 Å². The zero-order valence-electron chi connectivity index (χ0n) is 14.7. The highest BCUT2D eigenvalue weighted by Crippen LogP contribution is 2.21. The fourth-order valence-electron chi connectivity index (χ4n) is 2.83. The van der Waals surface area contributed by atoms with Crippen molar-refractivity contribution in [2.75, 3.05) is 6.54 Å². The van der Waals surface area contributed by atoms with Gasteiger partial charge in [0.1, 0.15) is 5.82 Å². The van der Waals surface area contributed by atoms with E-state index in [0.717, 1.165) is 11.3 Å². The molecule has 0 aliphatic rings. The lowest BCUT2D eigenvalue weighted by Gasteiger charge is -2.06. The molecule has 4 aromatic rings. The van der Waals surface area contributed by atoms with Crippen molar-refractivity contribution in [2.24, 2.45) is 0 Å². The summed E-state index contributed by atoms with van der Waals surface area (Å²) < 4.78 is 42.2. The summed E-state index contributed by atoms with van der Waals surface area (Å²) in [4.78, 5) is 5.10. The number of sulfonamides is 1. The maximum Gasteiger partial charge on any atom is 0.215 e. The molecule has 0 amide bonds. The maximum atomic E-state index is 13.4. The van der Waals surface area contributed by atoms with Gasteiger partial charge in [-0.15, -0.1) is 16.4 Å². The van der Waals surface area contributed by atoms with Gasteiger partial charge in [0, 0.05) is 23.9 Å². The zero-order chi connectivity index (χ0) is 19.6. The summed E-state index contributed by atoms with van der Waals surface area (Å²) in [6.07, 6.45) is 0.472. The summed E-state index contributed by atoms with van der Waals surface area (Å²) in [5, 5.41) is 6.34. The molecule has 0 bridgehead atoms. The number of aromatic nitrogens is 3. The Kier molecular flexibility index (Phi) is 5.21. The largest absolute Gasteiger partial charge is 0.215 e. The topological polar surface area (TPSA) is 76.4 Å². The summed E-state index contributed by atoms with van der Waals surface area (Å²) in [5.74, 6) is 0.0425. The lowest BCUT2D eigenvalue weighted by Crippen LogP contribution is -2.27. The molecule has 2 aromatic heterocycles. The van der Waals surface area contributed by atoms with Crippen LogP contribution >= 0.6 is 11.3 Å². The quantitative estimate of drug-likeness (QED) is 0.502. The van der Waals surface area contributed by atoms with E-state index in [1.807, 2.05) is 23.6 Å². The molecule has 0 saturated heterocycles. The van der Waals surface area contributed by atoms with Crippen molar-refractivity contribution in [3.8, 4) is 11.4 Å². The smallest absolute Gasteiger partial charge is 0.215 e. The van der Waals surface area contributed by atoms with E-state index >= 15 is 0 Å². The SMILES string of the molecule is O=S(=O)(Cc1ccccc1)NCCc1csc2nc(-c3cccc(F)c3)nn12. The van der Waals surface area contributed by atoms with Crippen molar-refractivity contribution >= 4 is 26.3 Å². The third kappa shape index (κ3) is 4.27. The lowest BCUT2D eigenvalue weighted by atomic mass is 10.2. The average molecular weight is 417 g/mol. The predicted octanol–water partition coefficient (Wildman–Crippen LogP) is 3.26. The number of hydrogen-bond donors (Lipinski definition) is 1. The molecule has 0 unspecified atom stereocenters. The van der Waals surface area contributed by atoms with Gasteiger partial charge in [0.25, 0.3) is 0 Å². The number of benzene rings is 2. The normalized spacial score (nSPS) is 11.9. The lowest BCUT2D eigenvalue weighted by molar-refractivity contribution is 0.580. The van der Waals surface area contributed by atoms with Crippen molar-refractivity contribution in [1.29, 1.82) is 0 Å². The van der Waals surface area contributed by atoms with Crippen LogP contribution in [0.2, 0.25) is 0 Å². The van der Waals surface area contributed by atoms with Crippen LogP contribution in [0.4, 0.5) is 4.39 Å². The van der Waals surface area contributed by atoms with E-state index in [4.69, 9.17) is 0 Å². The Bertz CT molecular complexity index is 1200. The fourth-order valence-corrected chi connectivity index (χ4v) is 4.83. The van der Waals surface area contributed by atoms with Crippen molar-refractivity contribution in [1.82, 2.24) is 19.3 Å². The number of nitrogens with one attached hydrogen (secondary N) is 1.